The number of H-pyrrole nitrogens is 1. The number of nitrogens with one attached hydrogen (secondary N) is 2. The SMILES string of the molecule is O=S(=O)(NCCCc1ccccc1)Oc1cncc(-c2cc3ccc(Cl)cc3[nH]2)c1. The van der Waals surface area contributed by atoms with E-state index in [-0.39, 0.29) is 12.3 Å². The fraction of sp³-hybridized carbons (Fsp3) is 0.136. The second-order valence-electron chi connectivity index (χ2n) is 6.84. The van der Waals surface area contributed by atoms with Crippen LogP contribution in [-0.4, -0.2) is 24.9 Å². The van der Waals surface area contributed by atoms with Crippen LogP contribution in [0.1, 0.15) is 12.0 Å². The van der Waals surface area contributed by atoms with E-state index < -0.39 is 10.3 Å². The fourth-order valence-electron chi connectivity index (χ4n) is 3.16. The van der Waals surface area contributed by atoms with Gasteiger partial charge in [0, 0.05) is 39.9 Å². The molecule has 0 aliphatic heterocycles. The minimum Gasteiger partial charge on any atom is -0.369 e. The molecule has 2 aromatic heterocycles. The number of hydrogen-bond acceptors (Lipinski definition) is 4. The summed E-state index contributed by atoms with van der Waals surface area (Å²) in [5, 5.41) is 1.63. The van der Waals surface area contributed by atoms with Crippen molar-refractivity contribution in [2.45, 2.75) is 12.8 Å². The van der Waals surface area contributed by atoms with Crippen LogP contribution in [0.5, 0.6) is 5.75 Å². The van der Waals surface area contributed by atoms with E-state index in [0.29, 0.717) is 17.0 Å². The molecule has 0 aliphatic rings. The highest BCUT2D eigenvalue weighted by molar-refractivity contribution is 7.85. The molecule has 0 radical (unpaired) electrons. The first-order valence-electron chi connectivity index (χ1n) is 9.45. The molecule has 0 saturated heterocycles. The van der Waals surface area contributed by atoms with Crippen molar-refractivity contribution in [2.24, 2.45) is 0 Å². The maximum atomic E-state index is 12.3. The van der Waals surface area contributed by atoms with Crippen molar-refractivity contribution in [1.29, 1.82) is 0 Å². The highest BCUT2D eigenvalue weighted by Crippen LogP contribution is 2.27. The first-order chi connectivity index (χ1) is 14.5. The van der Waals surface area contributed by atoms with Crippen LogP contribution in [0, 0.1) is 0 Å². The van der Waals surface area contributed by atoms with Crippen LogP contribution in [0.15, 0.2) is 73.1 Å². The van der Waals surface area contributed by atoms with E-state index in [1.807, 2.05) is 54.6 Å². The number of pyridine rings is 1. The van der Waals surface area contributed by atoms with Gasteiger partial charge in [0.15, 0.2) is 5.75 Å². The van der Waals surface area contributed by atoms with E-state index in [2.05, 4.69) is 14.7 Å². The molecule has 4 aromatic rings. The van der Waals surface area contributed by atoms with Gasteiger partial charge in [0.1, 0.15) is 0 Å². The van der Waals surface area contributed by atoms with Crippen molar-refractivity contribution >= 4 is 32.8 Å². The smallest absolute Gasteiger partial charge is 0.369 e. The molecule has 0 spiro atoms. The highest BCUT2D eigenvalue weighted by atomic mass is 35.5. The average Bonchev–Trinajstić information content (AvgIpc) is 3.15. The van der Waals surface area contributed by atoms with E-state index in [9.17, 15) is 8.42 Å². The molecule has 2 N–H and O–H groups in total. The number of rotatable bonds is 8. The zero-order chi connectivity index (χ0) is 21.0. The molecule has 2 aromatic carbocycles. The van der Waals surface area contributed by atoms with Gasteiger partial charge in [-0.2, -0.15) is 13.1 Å². The lowest BCUT2D eigenvalue weighted by molar-refractivity contribution is 0.469. The highest BCUT2D eigenvalue weighted by Gasteiger charge is 2.13. The Kier molecular flexibility index (Phi) is 6.03. The van der Waals surface area contributed by atoms with Gasteiger partial charge in [-0.25, -0.2) is 0 Å². The molecule has 0 bridgehead atoms. The normalized spacial score (nSPS) is 11.6. The first-order valence-corrected chi connectivity index (χ1v) is 11.2. The van der Waals surface area contributed by atoms with Crippen molar-refractivity contribution in [3.63, 3.8) is 0 Å². The number of benzene rings is 2. The third-order valence-electron chi connectivity index (χ3n) is 4.58. The van der Waals surface area contributed by atoms with Crippen molar-refractivity contribution in [1.82, 2.24) is 14.7 Å². The molecule has 0 amide bonds. The lowest BCUT2D eigenvalue weighted by atomic mass is 10.1. The van der Waals surface area contributed by atoms with E-state index in [1.54, 1.807) is 12.3 Å². The van der Waals surface area contributed by atoms with E-state index in [1.165, 1.54) is 6.20 Å². The van der Waals surface area contributed by atoms with Gasteiger partial charge in [-0.3, -0.25) is 4.98 Å². The van der Waals surface area contributed by atoms with Crippen LogP contribution < -0.4 is 8.91 Å². The van der Waals surface area contributed by atoms with Gasteiger partial charge in [-0.05, 0) is 42.7 Å². The van der Waals surface area contributed by atoms with Gasteiger partial charge in [0.25, 0.3) is 0 Å². The Morgan fingerprint density at radius 2 is 1.87 bits per heavy atom. The lowest BCUT2D eigenvalue weighted by Crippen LogP contribution is -2.29. The van der Waals surface area contributed by atoms with Gasteiger partial charge in [-0.15, -0.1) is 0 Å². The van der Waals surface area contributed by atoms with Crippen LogP contribution in [0.25, 0.3) is 22.2 Å². The molecule has 154 valence electrons. The second kappa shape index (κ2) is 8.87. The molecule has 0 aliphatic carbocycles. The quantitative estimate of drug-likeness (QED) is 0.387. The Bertz CT molecular complexity index is 1260. The molecule has 6 nitrogen and oxygen atoms in total. The predicted octanol–water partition coefficient (Wildman–Crippen LogP) is 4.73. The molecular weight excluding hydrogens is 422 g/mol. The number of aryl methyl sites for hydroxylation is 1. The summed E-state index contributed by atoms with van der Waals surface area (Å²) < 4.78 is 32.1. The van der Waals surface area contributed by atoms with E-state index in [0.717, 1.165) is 28.6 Å². The van der Waals surface area contributed by atoms with Crippen LogP contribution in [0.4, 0.5) is 0 Å². The molecule has 0 fully saturated rings. The van der Waals surface area contributed by atoms with Crippen molar-refractivity contribution in [3.8, 4) is 17.0 Å². The van der Waals surface area contributed by atoms with E-state index in [4.69, 9.17) is 15.8 Å². The maximum Gasteiger partial charge on any atom is 0.382 e. The minimum absolute atomic E-state index is 0.139. The van der Waals surface area contributed by atoms with Gasteiger partial charge >= 0.3 is 10.3 Å². The Labute approximate surface area is 180 Å². The number of fused-ring (bicyclic) bond motifs is 1. The summed E-state index contributed by atoms with van der Waals surface area (Å²) in [5.41, 5.74) is 3.54. The Morgan fingerprint density at radius 1 is 1.03 bits per heavy atom. The third kappa shape index (κ3) is 5.18. The number of nitrogens with zero attached hydrogens (tertiary/aromatic N) is 1. The Morgan fingerprint density at radius 3 is 2.70 bits per heavy atom. The van der Waals surface area contributed by atoms with Gasteiger partial charge in [0.2, 0.25) is 0 Å². The zero-order valence-electron chi connectivity index (χ0n) is 16.0. The van der Waals surface area contributed by atoms with Crippen molar-refractivity contribution < 1.29 is 12.6 Å². The topological polar surface area (TPSA) is 84.1 Å². The minimum atomic E-state index is -3.94. The number of aromatic amines is 1. The van der Waals surface area contributed by atoms with E-state index >= 15 is 0 Å². The number of aromatic nitrogens is 2. The molecule has 0 unspecified atom stereocenters. The lowest BCUT2D eigenvalue weighted by Gasteiger charge is -2.09. The summed E-state index contributed by atoms with van der Waals surface area (Å²) in [6.45, 7) is 0.285. The summed E-state index contributed by atoms with van der Waals surface area (Å²) in [4.78, 5) is 7.36. The predicted molar refractivity (Wildman–Crippen MR) is 119 cm³/mol. The standard InChI is InChI=1S/C22H20ClN3O3S/c23-19-9-8-17-12-21(26-22(17)13-19)18-11-20(15-24-14-18)29-30(27,28)25-10-4-7-16-5-2-1-3-6-16/h1-3,5-6,8-9,11-15,25-26H,4,7,10H2. The number of halogens is 1. The molecule has 8 heteroatoms. The van der Waals surface area contributed by atoms with Crippen molar-refractivity contribution in [3.05, 3.63) is 83.6 Å². The summed E-state index contributed by atoms with van der Waals surface area (Å²) >= 11 is 6.03. The summed E-state index contributed by atoms with van der Waals surface area (Å²) in [6, 6.07) is 19.0. The molecule has 4 rings (SSSR count). The summed E-state index contributed by atoms with van der Waals surface area (Å²) in [5.74, 6) is 0.139. The average molecular weight is 442 g/mol. The zero-order valence-corrected chi connectivity index (χ0v) is 17.6. The van der Waals surface area contributed by atoms with Gasteiger partial charge in [-0.1, -0.05) is 48.0 Å². The molecular formula is C22H20ClN3O3S. The second-order valence-corrected chi connectivity index (χ2v) is 8.64. The third-order valence-corrected chi connectivity index (χ3v) is 5.78. The largest absolute Gasteiger partial charge is 0.382 e. The number of hydrogen-bond donors (Lipinski definition) is 2. The van der Waals surface area contributed by atoms with Crippen LogP contribution in [0.2, 0.25) is 5.02 Å². The van der Waals surface area contributed by atoms with Crippen LogP contribution in [0.3, 0.4) is 0 Å². The first kappa shape index (κ1) is 20.4. The van der Waals surface area contributed by atoms with Gasteiger partial charge in [0.05, 0.1) is 6.20 Å². The molecule has 30 heavy (non-hydrogen) atoms. The Hall–Kier alpha value is -2.87. The van der Waals surface area contributed by atoms with Gasteiger partial charge < -0.3 is 9.17 Å². The Balaban J connectivity index is 1.40. The summed E-state index contributed by atoms with van der Waals surface area (Å²) in [6.07, 6.45) is 4.46. The maximum absolute atomic E-state index is 12.3. The summed E-state index contributed by atoms with van der Waals surface area (Å²) in [7, 11) is -3.94. The van der Waals surface area contributed by atoms with Crippen LogP contribution >= 0.6 is 11.6 Å². The fourth-order valence-corrected chi connectivity index (χ4v) is 4.13. The van der Waals surface area contributed by atoms with Crippen molar-refractivity contribution in [2.75, 3.05) is 6.54 Å². The molecule has 0 atom stereocenters. The monoisotopic (exact) mass is 441 g/mol. The molecule has 2 heterocycles. The molecule has 0 saturated carbocycles. The van der Waals surface area contributed by atoms with Crippen LogP contribution in [-0.2, 0) is 16.7 Å².